The van der Waals surface area contributed by atoms with Crippen molar-refractivity contribution in [1.82, 2.24) is 14.6 Å². The summed E-state index contributed by atoms with van der Waals surface area (Å²) in [7, 11) is 0. The Bertz CT molecular complexity index is 726. The molecule has 5 nitrogen and oxygen atoms in total. The van der Waals surface area contributed by atoms with Crippen LogP contribution in [0.15, 0.2) is 35.0 Å². The van der Waals surface area contributed by atoms with Gasteiger partial charge in [-0.2, -0.15) is 5.10 Å². The van der Waals surface area contributed by atoms with Crippen molar-refractivity contribution in [3.05, 3.63) is 47.8 Å². The van der Waals surface area contributed by atoms with Gasteiger partial charge in [-0.1, -0.05) is 13.8 Å². The lowest BCUT2D eigenvalue weighted by molar-refractivity contribution is 0.490. The van der Waals surface area contributed by atoms with Gasteiger partial charge in [-0.25, -0.2) is 9.50 Å². The third kappa shape index (κ3) is 2.39. The number of fused-ring (bicyclic) bond motifs is 1. The summed E-state index contributed by atoms with van der Waals surface area (Å²) in [6, 6.07) is 6.01. The van der Waals surface area contributed by atoms with Gasteiger partial charge in [-0.3, -0.25) is 0 Å². The van der Waals surface area contributed by atoms with E-state index in [1.54, 1.807) is 6.20 Å². The maximum Gasteiger partial charge on any atom is 0.152 e. The summed E-state index contributed by atoms with van der Waals surface area (Å²) < 4.78 is 7.41. The molecule has 1 N–H and O–H groups in total. The third-order valence-corrected chi connectivity index (χ3v) is 3.23. The van der Waals surface area contributed by atoms with E-state index in [2.05, 4.69) is 35.3 Å². The van der Waals surface area contributed by atoms with Gasteiger partial charge in [0.1, 0.15) is 17.0 Å². The molecule has 3 heterocycles. The normalized spacial score (nSPS) is 11.4. The van der Waals surface area contributed by atoms with Gasteiger partial charge < -0.3 is 9.73 Å². The fourth-order valence-electron chi connectivity index (χ4n) is 2.11. The van der Waals surface area contributed by atoms with E-state index in [4.69, 9.17) is 4.42 Å². The molecule has 5 heteroatoms. The van der Waals surface area contributed by atoms with Crippen molar-refractivity contribution in [3.8, 4) is 0 Å². The van der Waals surface area contributed by atoms with Crippen molar-refractivity contribution in [1.29, 1.82) is 0 Å². The minimum atomic E-state index is 0.399. The number of aromatic nitrogens is 3. The molecule has 3 aromatic rings. The highest BCUT2D eigenvalue weighted by molar-refractivity contribution is 5.67. The molecule has 0 aliphatic heterocycles. The summed E-state index contributed by atoms with van der Waals surface area (Å²) in [4.78, 5) is 4.39. The second kappa shape index (κ2) is 5.00. The molecule has 104 valence electrons. The Morgan fingerprint density at radius 1 is 1.35 bits per heavy atom. The van der Waals surface area contributed by atoms with Gasteiger partial charge in [0.15, 0.2) is 5.82 Å². The third-order valence-electron chi connectivity index (χ3n) is 3.23. The lowest BCUT2D eigenvalue weighted by atomic mass is 10.1. The van der Waals surface area contributed by atoms with E-state index >= 15 is 0 Å². The van der Waals surface area contributed by atoms with E-state index < -0.39 is 0 Å². The average molecular weight is 270 g/mol. The predicted molar refractivity (Wildman–Crippen MR) is 77.8 cm³/mol. The second-order valence-corrected chi connectivity index (χ2v) is 5.20. The van der Waals surface area contributed by atoms with E-state index in [1.807, 2.05) is 29.8 Å². The standard InChI is InChI=1S/C15H18N4O/c1-10(2)13-8-14-15(16-6-7-19(14)18-13)17-9-12-5-4-11(3)20-12/h4-8,10H,9H2,1-3H3,(H,16,17). The molecule has 0 saturated carbocycles. The molecule has 3 aromatic heterocycles. The number of hydrogen-bond acceptors (Lipinski definition) is 4. The Labute approximate surface area is 117 Å². The Hall–Kier alpha value is -2.30. The Kier molecular flexibility index (Phi) is 3.18. The minimum Gasteiger partial charge on any atom is -0.465 e. The molecule has 0 aromatic carbocycles. The summed E-state index contributed by atoms with van der Waals surface area (Å²) in [6.07, 6.45) is 3.61. The van der Waals surface area contributed by atoms with Crippen LogP contribution in [0, 0.1) is 6.92 Å². The largest absolute Gasteiger partial charge is 0.465 e. The van der Waals surface area contributed by atoms with Crippen molar-refractivity contribution in [2.45, 2.75) is 33.2 Å². The van der Waals surface area contributed by atoms with Gasteiger partial charge in [0, 0.05) is 12.4 Å². The van der Waals surface area contributed by atoms with Crippen molar-refractivity contribution >= 4 is 11.3 Å². The van der Waals surface area contributed by atoms with E-state index in [0.717, 1.165) is 28.5 Å². The van der Waals surface area contributed by atoms with Crippen LogP contribution in [-0.4, -0.2) is 14.6 Å². The van der Waals surface area contributed by atoms with Gasteiger partial charge >= 0.3 is 0 Å². The summed E-state index contributed by atoms with van der Waals surface area (Å²) >= 11 is 0. The second-order valence-electron chi connectivity index (χ2n) is 5.20. The monoisotopic (exact) mass is 270 g/mol. The molecule has 3 rings (SSSR count). The van der Waals surface area contributed by atoms with Crippen LogP contribution in [0.2, 0.25) is 0 Å². The van der Waals surface area contributed by atoms with Crippen LogP contribution in [0.3, 0.4) is 0 Å². The first-order valence-corrected chi connectivity index (χ1v) is 6.77. The maximum absolute atomic E-state index is 5.55. The van der Waals surface area contributed by atoms with Crippen LogP contribution < -0.4 is 5.32 Å². The zero-order valence-corrected chi connectivity index (χ0v) is 11.9. The van der Waals surface area contributed by atoms with Crippen LogP contribution in [0.1, 0.15) is 37.0 Å². The number of nitrogens with zero attached hydrogens (tertiary/aromatic N) is 3. The minimum absolute atomic E-state index is 0.399. The topological polar surface area (TPSA) is 55.4 Å². The molecular formula is C15H18N4O. The maximum atomic E-state index is 5.55. The Morgan fingerprint density at radius 2 is 2.20 bits per heavy atom. The highest BCUT2D eigenvalue weighted by Crippen LogP contribution is 2.20. The number of nitrogens with one attached hydrogen (secondary N) is 1. The van der Waals surface area contributed by atoms with E-state index in [0.29, 0.717) is 12.5 Å². The quantitative estimate of drug-likeness (QED) is 0.789. The molecule has 0 bridgehead atoms. The number of aryl methyl sites for hydroxylation is 1. The van der Waals surface area contributed by atoms with Gasteiger partial charge in [0.25, 0.3) is 0 Å². The zero-order chi connectivity index (χ0) is 14.1. The lowest BCUT2D eigenvalue weighted by Gasteiger charge is -2.04. The number of anilines is 1. The van der Waals surface area contributed by atoms with Gasteiger partial charge in [-0.15, -0.1) is 0 Å². The van der Waals surface area contributed by atoms with Gasteiger partial charge in [-0.05, 0) is 31.0 Å². The Morgan fingerprint density at radius 3 is 2.90 bits per heavy atom. The van der Waals surface area contributed by atoms with E-state index in [9.17, 15) is 0 Å². The fraction of sp³-hybridized carbons (Fsp3) is 0.333. The SMILES string of the molecule is Cc1ccc(CNc2nccn3nc(C(C)C)cc23)o1. The molecule has 0 spiro atoms. The Balaban J connectivity index is 1.87. The smallest absolute Gasteiger partial charge is 0.152 e. The molecule has 0 aliphatic carbocycles. The fourth-order valence-corrected chi connectivity index (χ4v) is 2.11. The first-order chi connectivity index (χ1) is 9.63. The van der Waals surface area contributed by atoms with Gasteiger partial charge in [0.2, 0.25) is 0 Å². The molecule has 0 atom stereocenters. The zero-order valence-electron chi connectivity index (χ0n) is 11.9. The van der Waals surface area contributed by atoms with E-state index in [1.165, 1.54) is 0 Å². The molecule has 0 unspecified atom stereocenters. The van der Waals surface area contributed by atoms with Crippen molar-refractivity contribution in [3.63, 3.8) is 0 Å². The van der Waals surface area contributed by atoms with Crippen LogP contribution in [0.25, 0.3) is 5.52 Å². The van der Waals surface area contributed by atoms with Crippen LogP contribution >= 0.6 is 0 Å². The summed E-state index contributed by atoms with van der Waals surface area (Å²) in [6.45, 7) is 6.82. The molecule has 0 fully saturated rings. The first kappa shape index (κ1) is 12.7. The van der Waals surface area contributed by atoms with Crippen LogP contribution in [0.5, 0.6) is 0 Å². The highest BCUT2D eigenvalue weighted by Gasteiger charge is 2.10. The number of furan rings is 1. The van der Waals surface area contributed by atoms with Crippen LogP contribution in [-0.2, 0) is 6.54 Å². The molecule has 0 aliphatic rings. The number of hydrogen-bond donors (Lipinski definition) is 1. The molecule has 20 heavy (non-hydrogen) atoms. The molecule has 0 amide bonds. The predicted octanol–water partition coefficient (Wildman–Crippen LogP) is 3.37. The first-order valence-electron chi connectivity index (χ1n) is 6.77. The van der Waals surface area contributed by atoms with Crippen molar-refractivity contribution in [2.24, 2.45) is 0 Å². The van der Waals surface area contributed by atoms with Gasteiger partial charge in [0.05, 0.1) is 12.2 Å². The summed E-state index contributed by atoms with van der Waals surface area (Å²) in [5, 5.41) is 7.85. The number of rotatable bonds is 4. The van der Waals surface area contributed by atoms with Crippen molar-refractivity contribution in [2.75, 3.05) is 5.32 Å². The van der Waals surface area contributed by atoms with Crippen LogP contribution in [0.4, 0.5) is 5.82 Å². The molecular weight excluding hydrogens is 252 g/mol. The lowest BCUT2D eigenvalue weighted by Crippen LogP contribution is -2.02. The molecule has 0 saturated heterocycles. The summed E-state index contributed by atoms with van der Waals surface area (Å²) in [5.74, 6) is 3.03. The highest BCUT2D eigenvalue weighted by atomic mass is 16.3. The molecule has 0 radical (unpaired) electrons. The van der Waals surface area contributed by atoms with E-state index in [-0.39, 0.29) is 0 Å². The average Bonchev–Trinajstić information content (AvgIpc) is 3.02. The van der Waals surface area contributed by atoms with Crippen molar-refractivity contribution < 1.29 is 4.42 Å². The summed E-state index contributed by atoms with van der Waals surface area (Å²) in [5.41, 5.74) is 2.05.